The molecule has 2 rings (SSSR count). The van der Waals surface area contributed by atoms with E-state index in [0.717, 1.165) is 0 Å². The Morgan fingerprint density at radius 3 is 2.57 bits per heavy atom. The molecule has 0 aliphatic carbocycles. The summed E-state index contributed by atoms with van der Waals surface area (Å²) in [6, 6.07) is 0.667. The predicted octanol–water partition coefficient (Wildman–Crippen LogP) is 5.04. The summed E-state index contributed by atoms with van der Waals surface area (Å²) in [5, 5.41) is 10.8. The Labute approximate surface area is 132 Å². The minimum atomic E-state index is -0.910. The van der Waals surface area contributed by atoms with Gasteiger partial charge in [0.25, 0.3) is 0 Å². The van der Waals surface area contributed by atoms with E-state index < -0.39 is 22.2 Å². The number of nitro groups is 1. The molecule has 8 heteroatoms. The van der Waals surface area contributed by atoms with Crippen LogP contribution < -0.4 is 0 Å². The SMILES string of the molecule is CC(C)Cc1nc2c(F)cc(F)c(Br)c2c(Cl)c1[N+](=O)[O-]. The molecule has 0 aliphatic rings. The van der Waals surface area contributed by atoms with Gasteiger partial charge in [-0.3, -0.25) is 10.1 Å². The van der Waals surface area contributed by atoms with Crippen LogP contribution in [0, 0.1) is 27.7 Å². The van der Waals surface area contributed by atoms with Crippen LogP contribution in [0.4, 0.5) is 14.5 Å². The van der Waals surface area contributed by atoms with E-state index >= 15 is 0 Å². The summed E-state index contributed by atoms with van der Waals surface area (Å²) in [4.78, 5) is 14.5. The van der Waals surface area contributed by atoms with Crippen molar-refractivity contribution in [3.63, 3.8) is 0 Å². The van der Waals surface area contributed by atoms with Crippen molar-refractivity contribution in [1.29, 1.82) is 0 Å². The van der Waals surface area contributed by atoms with E-state index in [9.17, 15) is 18.9 Å². The molecule has 0 spiro atoms. The van der Waals surface area contributed by atoms with E-state index in [1.807, 2.05) is 13.8 Å². The fraction of sp³-hybridized carbons (Fsp3) is 0.308. The van der Waals surface area contributed by atoms with Gasteiger partial charge in [0.1, 0.15) is 22.1 Å². The molecule has 0 aliphatic heterocycles. The summed E-state index contributed by atoms with van der Waals surface area (Å²) >= 11 is 8.97. The topological polar surface area (TPSA) is 56.0 Å². The molecular weight excluding hydrogens is 370 g/mol. The van der Waals surface area contributed by atoms with Crippen LogP contribution >= 0.6 is 27.5 Å². The number of rotatable bonds is 3. The van der Waals surface area contributed by atoms with Crippen LogP contribution in [0.2, 0.25) is 5.02 Å². The average Bonchev–Trinajstić information content (AvgIpc) is 2.34. The fourth-order valence-electron chi connectivity index (χ4n) is 2.04. The summed E-state index contributed by atoms with van der Waals surface area (Å²) in [5.74, 6) is -1.74. The predicted molar refractivity (Wildman–Crippen MR) is 79.6 cm³/mol. The molecule has 4 nitrogen and oxygen atoms in total. The summed E-state index contributed by atoms with van der Waals surface area (Å²) < 4.78 is 27.4. The molecule has 0 radical (unpaired) electrons. The van der Waals surface area contributed by atoms with Gasteiger partial charge in [-0.25, -0.2) is 13.8 Å². The van der Waals surface area contributed by atoms with Gasteiger partial charge in [-0.1, -0.05) is 25.4 Å². The van der Waals surface area contributed by atoms with Gasteiger partial charge in [0, 0.05) is 11.5 Å². The molecule has 1 heterocycles. The van der Waals surface area contributed by atoms with Gasteiger partial charge < -0.3 is 0 Å². The molecule has 1 aromatic heterocycles. The van der Waals surface area contributed by atoms with Gasteiger partial charge in [-0.05, 0) is 28.3 Å². The second-order valence-corrected chi connectivity index (χ2v) is 6.12. The van der Waals surface area contributed by atoms with Crippen LogP contribution in [0.3, 0.4) is 0 Å². The van der Waals surface area contributed by atoms with Gasteiger partial charge in [-0.2, -0.15) is 0 Å². The minimum Gasteiger partial charge on any atom is -0.258 e. The lowest BCUT2D eigenvalue weighted by atomic mass is 10.0. The fourth-order valence-corrected chi connectivity index (χ4v) is 3.02. The van der Waals surface area contributed by atoms with Crippen molar-refractivity contribution in [3.8, 4) is 0 Å². The van der Waals surface area contributed by atoms with E-state index in [1.54, 1.807) is 0 Å². The van der Waals surface area contributed by atoms with Crippen molar-refractivity contribution in [2.45, 2.75) is 20.3 Å². The summed E-state index contributed by atoms with van der Waals surface area (Å²) in [7, 11) is 0. The highest BCUT2D eigenvalue weighted by atomic mass is 79.9. The Kier molecular flexibility index (Phi) is 4.43. The standard InChI is InChI=1S/C13H10BrClF2N2O2/c1-5(2)3-8-13(19(20)21)11(15)9-10(14)6(16)4-7(17)12(9)18-8/h4-5H,3H2,1-2H3. The van der Waals surface area contributed by atoms with Crippen LogP contribution in [0.25, 0.3) is 10.9 Å². The molecule has 2 aromatic rings. The zero-order valence-corrected chi connectivity index (χ0v) is 13.4. The quantitative estimate of drug-likeness (QED) is 0.427. The number of aromatic nitrogens is 1. The smallest absolute Gasteiger partial charge is 0.258 e. The molecule has 0 fully saturated rings. The van der Waals surface area contributed by atoms with Crippen LogP contribution in [0.5, 0.6) is 0 Å². The van der Waals surface area contributed by atoms with Crippen molar-refractivity contribution in [2.75, 3.05) is 0 Å². The number of halogens is 4. The molecule has 0 saturated carbocycles. The van der Waals surface area contributed by atoms with Crippen LogP contribution in [0.1, 0.15) is 19.5 Å². The first-order chi connectivity index (χ1) is 9.73. The lowest BCUT2D eigenvalue weighted by Gasteiger charge is -2.11. The summed E-state index contributed by atoms with van der Waals surface area (Å²) in [6.45, 7) is 3.70. The second-order valence-electron chi connectivity index (χ2n) is 4.95. The monoisotopic (exact) mass is 378 g/mol. The maximum absolute atomic E-state index is 13.9. The molecule has 0 N–H and O–H groups in total. The number of hydrogen-bond acceptors (Lipinski definition) is 3. The Bertz CT molecular complexity index is 753. The van der Waals surface area contributed by atoms with E-state index in [4.69, 9.17) is 11.6 Å². The molecule has 0 saturated heterocycles. The van der Waals surface area contributed by atoms with Crippen LogP contribution in [0.15, 0.2) is 10.5 Å². The molecule has 1 aromatic carbocycles. The third-order valence-electron chi connectivity index (χ3n) is 2.88. The molecule has 21 heavy (non-hydrogen) atoms. The van der Waals surface area contributed by atoms with Gasteiger partial charge in [0.15, 0.2) is 5.82 Å². The number of fused-ring (bicyclic) bond motifs is 1. The van der Waals surface area contributed by atoms with Crippen LogP contribution in [-0.2, 0) is 6.42 Å². The molecule has 0 bridgehead atoms. The van der Waals surface area contributed by atoms with E-state index in [-0.39, 0.29) is 38.4 Å². The third-order valence-corrected chi connectivity index (χ3v) is 4.02. The Morgan fingerprint density at radius 2 is 2.05 bits per heavy atom. The molecule has 0 amide bonds. The first kappa shape index (κ1) is 16.0. The lowest BCUT2D eigenvalue weighted by Crippen LogP contribution is -2.06. The van der Waals surface area contributed by atoms with Crippen molar-refractivity contribution in [2.24, 2.45) is 5.92 Å². The lowest BCUT2D eigenvalue weighted by molar-refractivity contribution is -0.385. The van der Waals surface area contributed by atoms with Gasteiger partial charge in [0.05, 0.1) is 9.40 Å². The number of benzene rings is 1. The van der Waals surface area contributed by atoms with E-state index in [2.05, 4.69) is 20.9 Å². The molecular formula is C13H10BrClF2N2O2. The second kappa shape index (κ2) is 5.81. The first-order valence-corrected chi connectivity index (χ1v) is 7.21. The summed E-state index contributed by atoms with van der Waals surface area (Å²) in [6.07, 6.45) is 0.264. The Hall–Kier alpha value is -1.34. The maximum Gasteiger partial charge on any atom is 0.309 e. The first-order valence-electron chi connectivity index (χ1n) is 6.04. The normalized spacial score (nSPS) is 11.4. The minimum absolute atomic E-state index is 0.0664. The number of hydrogen-bond donors (Lipinski definition) is 0. The summed E-state index contributed by atoms with van der Waals surface area (Å²) in [5.41, 5.74) is -0.511. The van der Waals surface area contributed by atoms with Crippen molar-refractivity contribution < 1.29 is 13.7 Å². The maximum atomic E-state index is 13.9. The van der Waals surface area contributed by atoms with E-state index in [1.165, 1.54) is 0 Å². The zero-order chi connectivity index (χ0) is 15.9. The van der Waals surface area contributed by atoms with Gasteiger partial charge >= 0.3 is 5.69 Å². The molecule has 0 atom stereocenters. The van der Waals surface area contributed by atoms with E-state index in [0.29, 0.717) is 6.07 Å². The van der Waals surface area contributed by atoms with Crippen molar-refractivity contribution in [1.82, 2.24) is 4.98 Å². The van der Waals surface area contributed by atoms with Crippen molar-refractivity contribution >= 4 is 44.1 Å². The molecule has 0 unspecified atom stereocenters. The largest absolute Gasteiger partial charge is 0.309 e. The van der Waals surface area contributed by atoms with Gasteiger partial charge in [-0.15, -0.1) is 0 Å². The highest BCUT2D eigenvalue weighted by Gasteiger charge is 2.27. The molecule has 112 valence electrons. The number of pyridine rings is 1. The third kappa shape index (κ3) is 2.85. The zero-order valence-electron chi connectivity index (χ0n) is 11.1. The van der Waals surface area contributed by atoms with Crippen molar-refractivity contribution in [3.05, 3.63) is 43.0 Å². The Balaban J connectivity index is 2.94. The number of nitrogens with zero attached hydrogens (tertiary/aromatic N) is 2. The van der Waals surface area contributed by atoms with Crippen LogP contribution in [-0.4, -0.2) is 9.91 Å². The Morgan fingerprint density at radius 1 is 1.43 bits per heavy atom. The average molecular weight is 380 g/mol. The van der Waals surface area contributed by atoms with Gasteiger partial charge in [0.2, 0.25) is 0 Å². The highest BCUT2D eigenvalue weighted by molar-refractivity contribution is 9.10. The highest BCUT2D eigenvalue weighted by Crippen LogP contribution is 2.40.